The van der Waals surface area contributed by atoms with E-state index in [2.05, 4.69) is 19.2 Å². The molecule has 0 fully saturated rings. The zero-order chi connectivity index (χ0) is 24.2. The summed E-state index contributed by atoms with van der Waals surface area (Å²) in [6, 6.07) is 23.8. The summed E-state index contributed by atoms with van der Waals surface area (Å²) in [7, 11) is 0. The monoisotopic (exact) mass is 454 g/mol. The van der Waals surface area contributed by atoms with E-state index in [-0.39, 0.29) is 17.5 Å². The molecule has 34 heavy (non-hydrogen) atoms. The lowest BCUT2D eigenvalue weighted by molar-refractivity contribution is 0.179. The number of hydrogen-bond acceptors (Lipinski definition) is 3. The number of rotatable bonds is 6. The number of nitrogens with zero attached hydrogens (tertiary/aromatic N) is 3. The molecule has 1 N–H and O–H groups in total. The highest BCUT2D eigenvalue weighted by atomic mass is 16.2. The molecule has 0 bridgehead atoms. The first kappa shape index (κ1) is 23.2. The molecule has 0 aliphatic carbocycles. The topological polar surface area (TPSA) is 67.2 Å². The van der Waals surface area contributed by atoms with E-state index < -0.39 is 6.04 Å². The number of carbonyl (C=O) groups is 1. The normalized spacial score (nSPS) is 12.0. The van der Waals surface area contributed by atoms with Crippen LogP contribution in [0.5, 0.6) is 0 Å². The third-order valence-corrected chi connectivity index (χ3v) is 5.75. The SMILES string of the molecule is Cc1cccc(-n2c(C(C)N(CC(C)C)C(=O)Nc3ccccc3)nc3ccccc3c2=O)c1. The van der Waals surface area contributed by atoms with Gasteiger partial charge in [-0.05, 0) is 61.7 Å². The van der Waals surface area contributed by atoms with E-state index in [1.54, 1.807) is 15.5 Å². The van der Waals surface area contributed by atoms with E-state index in [1.165, 1.54) is 0 Å². The second kappa shape index (κ2) is 9.91. The van der Waals surface area contributed by atoms with Gasteiger partial charge in [-0.1, -0.05) is 56.3 Å². The molecular formula is C28H30N4O2. The van der Waals surface area contributed by atoms with Crippen molar-refractivity contribution in [2.75, 3.05) is 11.9 Å². The molecule has 1 atom stereocenters. The van der Waals surface area contributed by atoms with E-state index in [1.807, 2.05) is 86.6 Å². The number of nitrogens with one attached hydrogen (secondary N) is 1. The molecule has 2 amide bonds. The summed E-state index contributed by atoms with van der Waals surface area (Å²) in [5.74, 6) is 0.752. The predicted molar refractivity (Wildman–Crippen MR) is 137 cm³/mol. The van der Waals surface area contributed by atoms with E-state index in [4.69, 9.17) is 4.98 Å². The second-order valence-corrected chi connectivity index (χ2v) is 8.99. The molecule has 174 valence electrons. The molecule has 0 aliphatic heterocycles. The number of anilines is 1. The van der Waals surface area contributed by atoms with Gasteiger partial charge in [0.2, 0.25) is 0 Å². The van der Waals surface area contributed by atoms with Crippen molar-refractivity contribution in [1.82, 2.24) is 14.5 Å². The van der Waals surface area contributed by atoms with E-state index in [0.29, 0.717) is 23.3 Å². The fourth-order valence-corrected chi connectivity index (χ4v) is 4.11. The van der Waals surface area contributed by atoms with Crippen molar-refractivity contribution in [3.8, 4) is 5.69 Å². The van der Waals surface area contributed by atoms with E-state index in [0.717, 1.165) is 16.9 Å². The zero-order valence-electron chi connectivity index (χ0n) is 20.0. The Morgan fingerprint density at radius 2 is 1.68 bits per heavy atom. The van der Waals surface area contributed by atoms with Crippen LogP contribution in [-0.2, 0) is 0 Å². The highest BCUT2D eigenvalue weighted by molar-refractivity contribution is 5.89. The van der Waals surface area contributed by atoms with Gasteiger partial charge >= 0.3 is 6.03 Å². The molecule has 4 aromatic rings. The molecule has 0 radical (unpaired) electrons. The third-order valence-electron chi connectivity index (χ3n) is 5.75. The summed E-state index contributed by atoms with van der Waals surface area (Å²) >= 11 is 0. The maximum absolute atomic E-state index is 13.7. The maximum atomic E-state index is 13.7. The van der Waals surface area contributed by atoms with Crippen molar-refractivity contribution in [2.24, 2.45) is 5.92 Å². The summed E-state index contributed by atoms with van der Waals surface area (Å²) in [4.78, 5) is 33.7. The Kier molecular flexibility index (Phi) is 6.77. The number of aromatic nitrogens is 2. The van der Waals surface area contributed by atoms with Gasteiger partial charge in [-0.25, -0.2) is 9.78 Å². The Bertz CT molecular complexity index is 1360. The summed E-state index contributed by atoms with van der Waals surface area (Å²) in [6.45, 7) is 8.56. The van der Waals surface area contributed by atoms with Crippen LogP contribution in [0.3, 0.4) is 0 Å². The molecule has 0 spiro atoms. The lowest BCUT2D eigenvalue weighted by Gasteiger charge is -2.32. The Balaban J connectivity index is 1.86. The van der Waals surface area contributed by atoms with Crippen LogP contribution in [-0.4, -0.2) is 27.0 Å². The fourth-order valence-electron chi connectivity index (χ4n) is 4.11. The van der Waals surface area contributed by atoms with Crippen molar-refractivity contribution >= 4 is 22.6 Å². The molecule has 0 saturated carbocycles. The van der Waals surface area contributed by atoms with Crippen LogP contribution >= 0.6 is 0 Å². The van der Waals surface area contributed by atoms with Crippen LogP contribution in [0, 0.1) is 12.8 Å². The summed E-state index contributed by atoms with van der Waals surface area (Å²) < 4.78 is 1.64. The smallest absolute Gasteiger partial charge is 0.314 e. The first-order valence-corrected chi connectivity index (χ1v) is 11.6. The summed E-state index contributed by atoms with van der Waals surface area (Å²) in [5, 5.41) is 3.54. The number of fused-ring (bicyclic) bond motifs is 1. The van der Waals surface area contributed by atoms with Crippen LogP contribution in [0.1, 0.15) is 38.2 Å². The highest BCUT2D eigenvalue weighted by Gasteiger charge is 2.27. The van der Waals surface area contributed by atoms with Gasteiger partial charge < -0.3 is 10.2 Å². The quantitative estimate of drug-likeness (QED) is 0.392. The minimum atomic E-state index is -0.455. The molecule has 0 aliphatic rings. The molecule has 1 heterocycles. The van der Waals surface area contributed by atoms with Gasteiger partial charge in [0, 0.05) is 12.2 Å². The van der Waals surface area contributed by atoms with Gasteiger partial charge in [0.05, 0.1) is 22.6 Å². The van der Waals surface area contributed by atoms with E-state index >= 15 is 0 Å². The Morgan fingerprint density at radius 3 is 2.38 bits per heavy atom. The van der Waals surface area contributed by atoms with Crippen LogP contribution in [0.4, 0.5) is 10.5 Å². The Labute approximate surface area is 199 Å². The number of urea groups is 1. The van der Waals surface area contributed by atoms with Crippen molar-refractivity contribution in [1.29, 1.82) is 0 Å². The van der Waals surface area contributed by atoms with E-state index in [9.17, 15) is 9.59 Å². The minimum absolute atomic E-state index is 0.147. The predicted octanol–water partition coefficient (Wildman–Crippen LogP) is 5.95. The standard InChI is InChI=1S/C28H30N4O2/c1-19(2)18-31(28(34)29-22-12-6-5-7-13-22)21(4)26-30-25-16-9-8-15-24(25)27(33)32(26)23-14-10-11-20(3)17-23/h5-17,19,21H,18H2,1-4H3,(H,29,34). The van der Waals surface area contributed by atoms with Crippen LogP contribution in [0.25, 0.3) is 16.6 Å². The Hall–Kier alpha value is -3.93. The molecule has 1 unspecified atom stereocenters. The maximum Gasteiger partial charge on any atom is 0.322 e. The molecule has 4 rings (SSSR count). The van der Waals surface area contributed by atoms with Gasteiger partial charge in [-0.15, -0.1) is 0 Å². The van der Waals surface area contributed by atoms with Gasteiger partial charge in [0.25, 0.3) is 5.56 Å². The van der Waals surface area contributed by atoms with Crippen molar-refractivity contribution in [3.05, 3.63) is 101 Å². The first-order valence-electron chi connectivity index (χ1n) is 11.6. The zero-order valence-corrected chi connectivity index (χ0v) is 20.0. The van der Waals surface area contributed by atoms with Gasteiger partial charge in [0.15, 0.2) is 0 Å². The highest BCUT2D eigenvalue weighted by Crippen LogP contribution is 2.25. The average molecular weight is 455 g/mol. The number of amides is 2. The largest absolute Gasteiger partial charge is 0.322 e. The molecular weight excluding hydrogens is 424 g/mol. The van der Waals surface area contributed by atoms with Crippen LogP contribution < -0.4 is 10.9 Å². The third kappa shape index (κ3) is 4.86. The molecule has 6 nitrogen and oxygen atoms in total. The lowest BCUT2D eigenvalue weighted by Crippen LogP contribution is -2.41. The van der Waals surface area contributed by atoms with Gasteiger partial charge in [-0.3, -0.25) is 9.36 Å². The average Bonchev–Trinajstić information content (AvgIpc) is 2.82. The van der Waals surface area contributed by atoms with Gasteiger partial charge in [0.1, 0.15) is 5.82 Å². The number of carbonyl (C=O) groups excluding carboxylic acids is 1. The van der Waals surface area contributed by atoms with Gasteiger partial charge in [-0.2, -0.15) is 0 Å². The first-order chi connectivity index (χ1) is 16.3. The lowest BCUT2D eigenvalue weighted by atomic mass is 10.1. The number of benzene rings is 3. The molecule has 6 heteroatoms. The number of aryl methyl sites for hydroxylation is 1. The minimum Gasteiger partial charge on any atom is -0.314 e. The fraction of sp³-hybridized carbons (Fsp3) is 0.250. The number of hydrogen-bond donors (Lipinski definition) is 1. The van der Waals surface area contributed by atoms with Crippen LogP contribution in [0.2, 0.25) is 0 Å². The number of para-hydroxylation sites is 2. The second-order valence-electron chi connectivity index (χ2n) is 8.99. The van der Waals surface area contributed by atoms with Crippen molar-refractivity contribution in [3.63, 3.8) is 0 Å². The van der Waals surface area contributed by atoms with Crippen molar-refractivity contribution < 1.29 is 4.79 Å². The van der Waals surface area contributed by atoms with Crippen LogP contribution in [0.15, 0.2) is 83.7 Å². The summed E-state index contributed by atoms with van der Waals surface area (Å²) in [6.07, 6.45) is 0. The molecule has 3 aromatic carbocycles. The summed E-state index contributed by atoms with van der Waals surface area (Å²) in [5.41, 5.74) is 2.96. The van der Waals surface area contributed by atoms with Crippen molar-refractivity contribution in [2.45, 2.75) is 33.7 Å². The molecule has 0 saturated heterocycles. The Morgan fingerprint density at radius 1 is 0.971 bits per heavy atom. The molecule has 1 aromatic heterocycles.